The second-order valence-electron chi connectivity index (χ2n) is 5.40. The molecule has 114 valence electrons. The number of rotatable bonds is 8. The topological polar surface area (TPSA) is 41.3 Å². The van der Waals surface area contributed by atoms with Crippen LogP contribution in [-0.4, -0.2) is 29.6 Å². The predicted molar refractivity (Wildman–Crippen MR) is 82.8 cm³/mol. The van der Waals surface area contributed by atoms with E-state index >= 15 is 0 Å². The fraction of sp³-hybridized carbons (Fsp3) is 0.625. The molecule has 0 saturated heterocycles. The van der Waals surface area contributed by atoms with Crippen LogP contribution in [0.15, 0.2) is 24.3 Å². The van der Waals surface area contributed by atoms with Crippen molar-refractivity contribution in [2.45, 2.75) is 52.1 Å². The third-order valence-corrected chi connectivity index (χ3v) is 4.54. The number of benzene rings is 1. The zero-order chi connectivity index (χ0) is 15.2. The van der Waals surface area contributed by atoms with Gasteiger partial charge in [0.15, 0.2) is 0 Å². The lowest BCUT2D eigenvalue weighted by molar-refractivity contribution is 0.0698. The number of hydrazine groups is 1. The summed E-state index contributed by atoms with van der Waals surface area (Å²) in [5, 5.41) is 0. The van der Waals surface area contributed by atoms with Gasteiger partial charge in [0.05, 0.1) is 0 Å². The summed E-state index contributed by atoms with van der Waals surface area (Å²) in [5.41, 5.74) is 3.52. The maximum absolute atomic E-state index is 13.9. The molecule has 1 aromatic carbocycles. The Morgan fingerprint density at radius 2 is 1.85 bits per heavy atom. The number of nitrogens with two attached hydrogens (primary N) is 1. The molecular formula is C16H28FN3. The highest BCUT2D eigenvalue weighted by molar-refractivity contribution is 5.19. The van der Waals surface area contributed by atoms with E-state index in [2.05, 4.69) is 38.0 Å². The molecule has 0 spiro atoms. The Morgan fingerprint density at radius 3 is 2.30 bits per heavy atom. The molecule has 4 heteroatoms. The van der Waals surface area contributed by atoms with Gasteiger partial charge in [0.1, 0.15) is 5.82 Å². The van der Waals surface area contributed by atoms with E-state index in [4.69, 9.17) is 5.84 Å². The van der Waals surface area contributed by atoms with Crippen molar-refractivity contribution < 1.29 is 4.39 Å². The summed E-state index contributed by atoms with van der Waals surface area (Å²) in [6, 6.07) is 6.92. The summed E-state index contributed by atoms with van der Waals surface area (Å²) in [4.78, 5) is 2.39. The summed E-state index contributed by atoms with van der Waals surface area (Å²) in [6.45, 7) is 10.6. The van der Waals surface area contributed by atoms with Crippen LogP contribution in [0.2, 0.25) is 0 Å². The van der Waals surface area contributed by atoms with Crippen molar-refractivity contribution in [3.63, 3.8) is 0 Å². The normalized spacial score (nSPS) is 16.1. The molecule has 1 aromatic rings. The second-order valence-corrected chi connectivity index (χ2v) is 5.40. The largest absolute Gasteiger partial charge is 0.297 e. The van der Waals surface area contributed by atoms with E-state index in [-0.39, 0.29) is 17.4 Å². The van der Waals surface area contributed by atoms with Crippen LogP contribution in [0.5, 0.6) is 0 Å². The van der Waals surface area contributed by atoms with Gasteiger partial charge < -0.3 is 0 Å². The van der Waals surface area contributed by atoms with Crippen LogP contribution in [0.1, 0.15) is 39.7 Å². The van der Waals surface area contributed by atoms with Crippen molar-refractivity contribution in [2.24, 2.45) is 5.84 Å². The summed E-state index contributed by atoms with van der Waals surface area (Å²) in [6.07, 6.45) is 1.54. The minimum absolute atomic E-state index is 0.00398. The highest BCUT2D eigenvalue weighted by Gasteiger charge is 2.36. The van der Waals surface area contributed by atoms with E-state index in [1.54, 1.807) is 6.07 Å². The van der Waals surface area contributed by atoms with Crippen molar-refractivity contribution in [3.8, 4) is 0 Å². The smallest absolute Gasteiger partial charge is 0.126 e. The quantitative estimate of drug-likeness (QED) is 0.568. The third-order valence-electron chi connectivity index (χ3n) is 4.54. The van der Waals surface area contributed by atoms with E-state index in [9.17, 15) is 4.39 Å². The number of hydrogen-bond donors (Lipinski definition) is 2. The Labute approximate surface area is 122 Å². The molecule has 20 heavy (non-hydrogen) atoms. The van der Waals surface area contributed by atoms with E-state index < -0.39 is 0 Å². The number of likely N-dealkylation sites (N-methyl/N-ethyl adjacent to an activating group) is 1. The van der Waals surface area contributed by atoms with Gasteiger partial charge in [-0.15, -0.1) is 0 Å². The van der Waals surface area contributed by atoms with E-state index in [1.807, 2.05) is 12.1 Å². The first-order valence-corrected chi connectivity index (χ1v) is 7.48. The average Bonchev–Trinajstić information content (AvgIpc) is 2.47. The molecule has 0 radical (unpaired) electrons. The average molecular weight is 281 g/mol. The van der Waals surface area contributed by atoms with E-state index in [1.165, 1.54) is 6.07 Å². The summed E-state index contributed by atoms with van der Waals surface area (Å²) >= 11 is 0. The van der Waals surface area contributed by atoms with Gasteiger partial charge in [0.25, 0.3) is 0 Å². The molecule has 2 atom stereocenters. The molecule has 0 aromatic heterocycles. The predicted octanol–water partition coefficient (Wildman–Crippen LogP) is 2.71. The van der Waals surface area contributed by atoms with Crippen molar-refractivity contribution in [1.29, 1.82) is 0 Å². The third kappa shape index (κ3) is 3.57. The molecule has 0 amide bonds. The number of nitrogens with zero attached hydrogens (tertiary/aromatic N) is 1. The highest BCUT2D eigenvalue weighted by atomic mass is 19.1. The Kier molecular flexibility index (Phi) is 6.59. The zero-order valence-corrected chi connectivity index (χ0v) is 13.1. The molecule has 0 aliphatic heterocycles. The van der Waals surface area contributed by atoms with E-state index in [0.717, 1.165) is 19.5 Å². The van der Waals surface area contributed by atoms with Crippen molar-refractivity contribution in [1.82, 2.24) is 10.3 Å². The van der Waals surface area contributed by atoms with E-state index in [0.29, 0.717) is 12.0 Å². The van der Waals surface area contributed by atoms with Crippen LogP contribution in [0.25, 0.3) is 0 Å². The first-order valence-electron chi connectivity index (χ1n) is 7.48. The van der Waals surface area contributed by atoms with Crippen molar-refractivity contribution in [2.75, 3.05) is 13.1 Å². The minimum atomic E-state index is -0.161. The van der Waals surface area contributed by atoms with Gasteiger partial charge in [-0.3, -0.25) is 16.2 Å². The van der Waals surface area contributed by atoms with Gasteiger partial charge in [0, 0.05) is 11.6 Å². The molecule has 2 unspecified atom stereocenters. The molecule has 0 heterocycles. The zero-order valence-electron chi connectivity index (χ0n) is 13.1. The minimum Gasteiger partial charge on any atom is -0.297 e. The number of hydrogen-bond acceptors (Lipinski definition) is 3. The highest BCUT2D eigenvalue weighted by Crippen LogP contribution is 2.26. The molecule has 0 aliphatic rings. The van der Waals surface area contributed by atoms with Crippen LogP contribution in [0.3, 0.4) is 0 Å². The maximum Gasteiger partial charge on any atom is 0.126 e. The lowest BCUT2D eigenvalue weighted by Gasteiger charge is -2.45. The lowest BCUT2D eigenvalue weighted by Crippen LogP contribution is -2.61. The SMILES string of the molecule is CCN(CC)C(C)(CC)C(Cc1ccccc1F)NN. The molecule has 1 rings (SSSR count). The van der Waals surface area contributed by atoms with Crippen LogP contribution < -0.4 is 11.3 Å². The second kappa shape index (κ2) is 7.72. The Hall–Kier alpha value is -0.970. The lowest BCUT2D eigenvalue weighted by atomic mass is 9.83. The first-order chi connectivity index (χ1) is 9.53. The molecule has 0 aliphatic carbocycles. The maximum atomic E-state index is 13.9. The fourth-order valence-corrected chi connectivity index (χ4v) is 2.98. The molecule has 0 bridgehead atoms. The van der Waals surface area contributed by atoms with Gasteiger partial charge in [-0.25, -0.2) is 4.39 Å². The standard InChI is InChI=1S/C16H28FN3/c1-5-16(4,20(6-2)7-3)15(19-18)12-13-10-8-9-11-14(13)17/h8-11,15,19H,5-7,12,18H2,1-4H3. The first kappa shape index (κ1) is 17.1. The number of nitrogens with one attached hydrogen (secondary N) is 1. The van der Waals surface area contributed by atoms with Gasteiger partial charge >= 0.3 is 0 Å². The molecule has 0 fully saturated rings. The van der Waals surface area contributed by atoms with Gasteiger partial charge in [0.2, 0.25) is 0 Å². The van der Waals surface area contributed by atoms with Gasteiger partial charge in [-0.05, 0) is 44.5 Å². The molecule has 3 N–H and O–H groups in total. The summed E-state index contributed by atoms with van der Waals surface area (Å²) in [7, 11) is 0. The van der Waals surface area contributed by atoms with Crippen molar-refractivity contribution in [3.05, 3.63) is 35.6 Å². The summed E-state index contributed by atoms with van der Waals surface area (Å²) < 4.78 is 13.9. The molecule has 3 nitrogen and oxygen atoms in total. The molecular weight excluding hydrogens is 253 g/mol. The van der Waals surface area contributed by atoms with Crippen LogP contribution in [0, 0.1) is 5.82 Å². The Bertz CT molecular complexity index is 406. The number of halogens is 1. The molecule has 0 saturated carbocycles. The van der Waals surface area contributed by atoms with Crippen LogP contribution >= 0.6 is 0 Å². The Balaban J connectivity index is 3.01. The van der Waals surface area contributed by atoms with Crippen LogP contribution in [-0.2, 0) is 6.42 Å². The fourth-order valence-electron chi connectivity index (χ4n) is 2.98. The van der Waals surface area contributed by atoms with Crippen LogP contribution in [0.4, 0.5) is 4.39 Å². The monoisotopic (exact) mass is 281 g/mol. The Morgan fingerprint density at radius 1 is 1.25 bits per heavy atom. The summed E-state index contributed by atoms with van der Waals surface area (Å²) in [5.74, 6) is 5.62. The van der Waals surface area contributed by atoms with Crippen molar-refractivity contribution >= 4 is 0 Å². The van der Waals surface area contributed by atoms with Gasteiger partial charge in [-0.2, -0.15) is 0 Å². The van der Waals surface area contributed by atoms with Gasteiger partial charge in [-0.1, -0.05) is 39.0 Å².